The van der Waals surface area contributed by atoms with E-state index in [1.54, 1.807) is 12.4 Å². The number of hydrogen-bond donors (Lipinski definition) is 0. The summed E-state index contributed by atoms with van der Waals surface area (Å²) in [6, 6.07) is 17.8. The number of carbonyl (C=O) groups excluding carboxylic acids is 1. The van der Waals surface area contributed by atoms with Crippen LogP contribution in [0.15, 0.2) is 77.0 Å². The number of aryl methyl sites for hydroxylation is 1. The van der Waals surface area contributed by atoms with Gasteiger partial charge in [-0.2, -0.15) is 0 Å². The number of nitrogens with zero attached hydrogens (tertiary/aromatic N) is 4. The van der Waals surface area contributed by atoms with E-state index >= 15 is 0 Å². The molecule has 0 amide bonds. The molecule has 1 atom stereocenters. The molecular weight excluding hydrogens is 424 g/mol. The predicted molar refractivity (Wildman–Crippen MR) is 134 cm³/mol. The van der Waals surface area contributed by atoms with Crippen molar-refractivity contribution >= 4 is 17.3 Å². The van der Waals surface area contributed by atoms with Crippen molar-refractivity contribution in [2.45, 2.75) is 25.3 Å². The van der Waals surface area contributed by atoms with E-state index in [0.717, 1.165) is 58.7 Å². The highest BCUT2D eigenvalue weighted by Gasteiger charge is 2.28. The molecule has 3 aromatic rings. The van der Waals surface area contributed by atoms with E-state index in [-0.39, 0.29) is 11.8 Å². The van der Waals surface area contributed by atoms with E-state index < -0.39 is 0 Å². The van der Waals surface area contributed by atoms with Crippen LogP contribution in [0.1, 0.15) is 51.5 Å². The molecule has 0 spiro atoms. The van der Waals surface area contributed by atoms with E-state index in [0.29, 0.717) is 18.9 Å². The number of aliphatic imine (C=N–C) groups is 2. The van der Waals surface area contributed by atoms with Crippen LogP contribution < -0.4 is 4.74 Å². The SMILES string of the molecule is CN(C)CCCOc1ccc(C2=NC(c3ccc4c(c3)CCC4=O)C(c3ccncc3)=N2)cc1. The van der Waals surface area contributed by atoms with E-state index in [4.69, 9.17) is 14.7 Å². The number of hydrogen-bond acceptors (Lipinski definition) is 6. The molecule has 34 heavy (non-hydrogen) atoms. The first-order valence-electron chi connectivity index (χ1n) is 11.7. The summed E-state index contributed by atoms with van der Waals surface area (Å²) in [6.07, 6.45) is 5.92. The number of ketones is 1. The Bertz CT molecular complexity index is 1250. The van der Waals surface area contributed by atoms with Gasteiger partial charge >= 0.3 is 0 Å². The number of aromatic nitrogens is 1. The van der Waals surface area contributed by atoms with Crippen molar-refractivity contribution in [2.24, 2.45) is 9.98 Å². The minimum absolute atomic E-state index is 0.222. The molecule has 1 unspecified atom stereocenters. The standard InChI is InChI=1S/C28H28N4O2/c1-32(2)16-3-17-34-23-8-4-20(5-9-23)28-30-26(19-12-14-29-15-13-19)27(31-28)22-6-10-24-21(18-22)7-11-25(24)33/h4-6,8-10,12-15,18,27H,3,7,11,16-17H2,1-2H3. The molecule has 1 aromatic heterocycles. The van der Waals surface area contributed by atoms with E-state index in [9.17, 15) is 4.79 Å². The Hall–Kier alpha value is -3.64. The normalized spacial score (nSPS) is 17.0. The largest absolute Gasteiger partial charge is 0.494 e. The van der Waals surface area contributed by atoms with Gasteiger partial charge in [-0.25, -0.2) is 4.99 Å². The van der Waals surface area contributed by atoms with Crippen LogP contribution in [0.3, 0.4) is 0 Å². The summed E-state index contributed by atoms with van der Waals surface area (Å²) in [4.78, 5) is 28.4. The lowest BCUT2D eigenvalue weighted by atomic mass is 9.95. The number of carbonyl (C=O) groups is 1. The van der Waals surface area contributed by atoms with Crippen molar-refractivity contribution in [3.8, 4) is 5.75 Å². The fourth-order valence-corrected chi connectivity index (χ4v) is 4.42. The Morgan fingerprint density at radius 1 is 0.971 bits per heavy atom. The van der Waals surface area contributed by atoms with Gasteiger partial charge in [-0.15, -0.1) is 0 Å². The predicted octanol–water partition coefficient (Wildman–Crippen LogP) is 4.53. The molecule has 0 fully saturated rings. The van der Waals surface area contributed by atoms with Crippen LogP contribution in [-0.2, 0) is 6.42 Å². The number of Topliss-reactive ketones (excluding diaryl/α,β-unsaturated/α-hetero) is 1. The summed E-state index contributed by atoms with van der Waals surface area (Å²) in [5.41, 5.74) is 5.85. The maximum atomic E-state index is 12.1. The van der Waals surface area contributed by atoms with Crippen LogP contribution in [0.5, 0.6) is 5.75 Å². The summed E-state index contributed by atoms with van der Waals surface area (Å²) in [5, 5.41) is 0. The molecule has 5 rings (SSSR count). The Balaban J connectivity index is 1.41. The van der Waals surface area contributed by atoms with Crippen molar-refractivity contribution in [1.29, 1.82) is 0 Å². The summed E-state index contributed by atoms with van der Waals surface area (Å²) >= 11 is 0. The van der Waals surface area contributed by atoms with E-state index in [1.807, 2.05) is 48.5 Å². The third-order valence-corrected chi connectivity index (χ3v) is 6.21. The van der Waals surface area contributed by atoms with Gasteiger partial charge in [0.05, 0.1) is 12.3 Å². The third kappa shape index (κ3) is 4.68. The summed E-state index contributed by atoms with van der Waals surface area (Å²) < 4.78 is 5.87. The average Bonchev–Trinajstić information content (AvgIpc) is 3.47. The molecule has 1 aliphatic heterocycles. The second-order valence-electron chi connectivity index (χ2n) is 8.96. The number of ether oxygens (including phenoxy) is 1. The monoisotopic (exact) mass is 452 g/mol. The summed E-state index contributed by atoms with van der Waals surface area (Å²) in [5.74, 6) is 1.77. The first-order chi connectivity index (χ1) is 16.6. The Labute approximate surface area is 200 Å². The molecule has 0 radical (unpaired) electrons. The quantitative estimate of drug-likeness (QED) is 0.471. The van der Waals surface area contributed by atoms with E-state index in [2.05, 4.69) is 30.0 Å². The molecule has 0 saturated heterocycles. The molecule has 0 saturated carbocycles. The van der Waals surface area contributed by atoms with Crippen LogP contribution >= 0.6 is 0 Å². The zero-order chi connectivity index (χ0) is 23.5. The van der Waals surface area contributed by atoms with Crippen molar-refractivity contribution < 1.29 is 9.53 Å². The lowest BCUT2D eigenvalue weighted by Crippen LogP contribution is -2.15. The van der Waals surface area contributed by atoms with Gasteiger partial charge in [0.15, 0.2) is 11.6 Å². The van der Waals surface area contributed by atoms with Gasteiger partial charge in [-0.3, -0.25) is 14.8 Å². The van der Waals surface area contributed by atoms with Gasteiger partial charge in [0.25, 0.3) is 0 Å². The van der Waals surface area contributed by atoms with Gasteiger partial charge in [0.2, 0.25) is 0 Å². The number of benzene rings is 2. The minimum atomic E-state index is -0.222. The molecule has 2 aromatic carbocycles. The van der Waals surface area contributed by atoms with Crippen molar-refractivity contribution in [2.75, 3.05) is 27.2 Å². The average molecular weight is 453 g/mol. The van der Waals surface area contributed by atoms with Crippen LogP contribution in [-0.4, -0.2) is 54.5 Å². The van der Waals surface area contributed by atoms with Crippen LogP contribution in [0.2, 0.25) is 0 Å². The van der Waals surface area contributed by atoms with E-state index in [1.165, 1.54) is 0 Å². The molecule has 6 heteroatoms. The maximum Gasteiger partial charge on any atom is 0.163 e. The first kappa shape index (κ1) is 22.2. The zero-order valence-corrected chi connectivity index (χ0v) is 19.6. The lowest BCUT2D eigenvalue weighted by molar-refractivity contribution is 0.0994. The third-order valence-electron chi connectivity index (χ3n) is 6.21. The highest BCUT2D eigenvalue weighted by molar-refractivity contribution is 6.19. The maximum absolute atomic E-state index is 12.1. The second kappa shape index (κ2) is 9.69. The Kier molecular flexibility index (Phi) is 6.32. The molecule has 172 valence electrons. The number of fused-ring (bicyclic) bond motifs is 1. The highest BCUT2D eigenvalue weighted by atomic mass is 16.5. The van der Waals surface area contributed by atoms with Gasteiger partial charge < -0.3 is 9.64 Å². The van der Waals surface area contributed by atoms with Crippen LogP contribution in [0.4, 0.5) is 0 Å². The Morgan fingerprint density at radius 2 is 1.76 bits per heavy atom. The number of rotatable bonds is 8. The minimum Gasteiger partial charge on any atom is -0.494 e. The molecule has 6 nitrogen and oxygen atoms in total. The van der Waals surface area contributed by atoms with Gasteiger partial charge in [-0.1, -0.05) is 18.2 Å². The molecule has 1 aliphatic carbocycles. The lowest BCUT2D eigenvalue weighted by Gasteiger charge is -2.13. The summed E-state index contributed by atoms with van der Waals surface area (Å²) in [7, 11) is 4.13. The molecular formula is C28H28N4O2. The molecule has 0 N–H and O–H groups in total. The number of pyridine rings is 1. The smallest absolute Gasteiger partial charge is 0.163 e. The zero-order valence-electron chi connectivity index (χ0n) is 19.6. The van der Waals surface area contributed by atoms with Crippen molar-refractivity contribution in [3.05, 3.63) is 94.8 Å². The van der Waals surface area contributed by atoms with Crippen LogP contribution in [0.25, 0.3) is 0 Å². The molecule has 2 heterocycles. The highest BCUT2D eigenvalue weighted by Crippen LogP contribution is 2.33. The van der Waals surface area contributed by atoms with Crippen molar-refractivity contribution in [1.82, 2.24) is 9.88 Å². The van der Waals surface area contributed by atoms with Gasteiger partial charge in [-0.05, 0) is 74.5 Å². The van der Waals surface area contributed by atoms with Gasteiger partial charge in [0.1, 0.15) is 11.8 Å². The summed E-state index contributed by atoms with van der Waals surface area (Å²) in [6.45, 7) is 1.69. The first-order valence-corrected chi connectivity index (χ1v) is 11.7. The molecule has 0 bridgehead atoms. The fourth-order valence-electron chi connectivity index (χ4n) is 4.42. The van der Waals surface area contributed by atoms with Crippen LogP contribution in [0, 0.1) is 0 Å². The fraction of sp³-hybridized carbons (Fsp3) is 0.286. The molecule has 2 aliphatic rings. The van der Waals surface area contributed by atoms with Gasteiger partial charge in [0, 0.05) is 42.0 Å². The van der Waals surface area contributed by atoms with Crippen molar-refractivity contribution in [3.63, 3.8) is 0 Å². The topological polar surface area (TPSA) is 67.2 Å². The Morgan fingerprint density at radius 3 is 2.53 bits per heavy atom. The number of amidine groups is 1. The second-order valence-corrected chi connectivity index (χ2v) is 8.96.